The van der Waals surface area contributed by atoms with Crippen molar-refractivity contribution >= 4 is 5.91 Å². The summed E-state index contributed by atoms with van der Waals surface area (Å²) in [6.45, 7) is 3.81. The SMILES string of the molecule is CCCCCCCCCCCCCCCCCCCCC/C=C/C(O)C(COC1OC(CO)C(O)C(O)C1O)NC(=O)CCCCCCCCCCCCCCCCCCCC. The zero-order valence-corrected chi connectivity index (χ0v) is 40.6. The van der Waals surface area contributed by atoms with E-state index in [2.05, 4.69) is 19.2 Å². The van der Waals surface area contributed by atoms with Crippen molar-refractivity contribution in [1.82, 2.24) is 5.32 Å². The van der Waals surface area contributed by atoms with Gasteiger partial charge in [-0.2, -0.15) is 0 Å². The van der Waals surface area contributed by atoms with E-state index < -0.39 is 49.5 Å². The normalized spacial score (nSPS) is 20.3. The zero-order valence-electron chi connectivity index (χ0n) is 40.6. The van der Waals surface area contributed by atoms with Crippen LogP contribution < -0.4 is 5.32 Å². The topological polar surface area (TPSA) is 149 Å². The summed E-state index contributed by atoms with van der Waals surface area (Å²) in [5, 5.41) is 54.4. The summed E-state index contributed by atoms with van der Waals surface area (Å²) in [5.74, 6) is -0.171. The summed E-state index contributed by atoms with van der Waals surface area (Å²) in [7, 11) is 0. The van der Waals surface area contributed by atoms with Crippen molar-refractivity contribution in [3.8, 4) is 0 Å². The van der Waals surface area contributed by atoms with Crippen molar-refractivity contribution < 1.29 is 39.8 Å². The number of allylic oxidation sites excluding steroid dienone is 1. The van der Waals surface area contributed by atoms with Gasteiger partial charge in [0.25, 0.3) is 0 Å². The predicted molar refractivity (Wildman–Crippen MR) is 258 cm³/mol. The van der Waals surface area contributed by atoms with Crippen LogP contribution in [-0.2, 0) is 14.3 Å². The highest BCUT2D eigenvalue weighted by molar-refractivity contribution is 5.76. The van der Waals surface area contributed by atoms with Crippen LogP contribution in [-0.4, -0.2) is 87.5 Å². The van der Waals surface area contributed by atoms with Gasteiger partial charge in [0, 0.05) is 6.42 Å². The van der Waals surface area contributed by atoms with Gasteiger partial charge in [0.15, 0.2) is 6.29 Å². The second kappa shape index (κ2) is 43.8. The Morgan fingerprint density at radius 2 is 0.887 bits per heavy atom. The van der Waals surface area contributed by atoms with Gasteiger partial charge in [0.2, 0.25) is 5.91 Å². The molecule has 7 unspecified atom stereocenters. The van der Waals surface area contributed by atoms with Crippen LogP contribution in [0.2, 0.25) is 0 Å². The Hall–Kier alpha value is -1.07. The molecule has 0 aromatic heterocycles. The predicted octanol–water partition coefficient (Wildman–Crippen LogP) is 12.5. The Bertz CT molecular complexity index is 981. The number of nitrogens with one attached hydrogen (secondary N) is 1. The van der Waals surface area contributed by atoms with Crippen molar-refractivity contribution in [2.45, 2.75) is 307 Å². The summed E-state index contributed by atoms with van der Waals surface area (Å²) < 4.78 is 11.3. The minimum Gasteiger partial charge on any atom is -0.394 e. The molecule has 0 saturated carbocycles. The number of unbranched alkanes of at least 4 members (excludes halogenated alkanes) is 36. The molecule has 0 radical (unpaired) electrons. The number of hydrogen-bond acceptors (Lipinski definition) is 8. The van der Waals surface area contributed by atoms with Gasteiger partial charge >= 0.3 is 0 Å². The number of carbonyl (C=O) groups excluding carboxylic acids is 1. The molecule has 0 bridgehead atoms. The Labute approximate surface area is 382 Å². The summed E-state index contributed by atoms with van der Waals surface area (Å²) in [4.78, 5) is 13.0. The number of carbonyl (C=O) groups is 1. The third-order valence-corrected chi connectivity index (χ3v) is 13.1. The van der Waals surface area contributed by atoms with E-state index >= 15 is 0 Å². The lowest BCUT2D eigenvalue weighted by Gasteiger charge is -2.40. The maximum Gasteiger partial charge on any atom is 0.220 e. The van der Waals surface area contributed by atoms with Gasteiger partial charge < -0.3 is 40.3 Å². The lowest BCUT2D eigenvalue weighted by molar-refractivity contribution is -0.302. The molecule has 1 aliphatic heterocycles. The van der Waals surface area contributed by atoms with Crippen LogP contribution in [0.25, 0.3) is 0 Å². The highest BCUT2D eigenvalue weighted by atomic mass is 16.7. The first-order valence-electron chi connectivity index (χ1n) is 26.9. The van der Waals surface area contributed by atoms with Gasteiger partial charge in [0.05, 0.1) is 25.4 Å². The minimum absolute atomic E-state index is 0.171. The fourth-order valence-electron chi connectivity index (χ4n) is 8.81. The maximum atomic E-state index is 13.0. The average molecular weight is 882 g/mol. The van der Waals surface area contributed by atoms with Gasteiger partial charge in [-0.1, -0.05) is 251 Å². The second-order valence-corrected chi connectivity index (χ2v) is 19.0. The molecule has 6 N–H and O–H groups in total. The van der Waals surface area contributed by atoms with Crippen molar-refractivity contribution in [3.05, 3.63) is 12.2 Å². The fraction of sp³-hybridized carbons (Fsp3) is 0.943. The van der Waals surface area contributed by atoms with Gasteiger partial charge in [0.1, 0.15) is 24.4 Å². The maximum absolute atomic E-state index is 13.0. The molecule has 0 aliphatic carbocycles. The first kappa shape index (κ1) is 58.9. The minimum atomic E-state index is -1.56. The summed E-state index contributed by atoms with van der Waals surface area (Å²) in [6, 6.07) is -0.799. The Morgan fingerprint density at radius 3 is 1.26 bits per heavy atom. The van der Waals surface area contributed by atoms with Gasteiger partial charge in [-0.3, -0.25) is 4.79 Å². The van der Waals surface area contributed by atoms with Crippen LogP contribution in [0.3, 0.4) is 0 Å². The second-order valence-electron chi connectivity index (χ2n) is 19.0. The van der Waals surface area contributed by atoms with E-state index in [1.54, 1.807) is 6.08 Å². The smallest absolute Gasteiger partial charge is 0.220 e. The van der Waals surface area contributed by atoms with E-state index in [1.165, 1.54) is 205 Å². The number of rotatable bonds is 46. The first-order chi connectivity index (χ1) is 30.3. The average Bonchev–Trinajstić information content (AvgIpc) is 3.27. The highest BCUT2D eigenvalue weighted by Gasteiger charge is 2.44. The third kappa shape index (κ3) is 33.4. The van der Waals surface area contributed by atoms with E-state index in [9.17, 15) is 30.3 Å². The molecule has 0 spiro atoms. The van der Waals surface area contributed by atoms with Gasteiger partial charge in [-0.15, -0.1) is 0 Å². The number of ether oxygens (including phenoxy) is 2. The third-order valence-electron chi connectivity index (χ3n) is 13.1. The van der Waals surface area contributed by atoms with E-state index in [0.29, 0.717) is 6.42 Å². The van der Waals surface area contributed by atoms with Crippen molar-refractivity contribution in [1.29, 1.82) is 0 Å². The van der Waals surface area contributed by atoms with E-state index in [1.807, 2.05) is 6.08 Å². The van der Waals surface area contributed by atoms with Crippen LogP contribution in [0.5, 0.6) is 0 Å². The van der Waals surface area contributed by atoms with Gasteiger partial charge in [-0.05, 0) is 19.3 Å². The molecule has 1 fully saturated rings. The van der Waals surface area contributed by atoms with Crippen molar-refractivity contribution in [2.24, 2.45) is 0 Å². The lowest BCUT2D eigenvalue weighted by Crippen LogP contribution is -2.60. The molecular formula is C53H103NO8. The summed E-state index contributed by atoms with van der Waals surface area (Å²) >= 11 is 0. The zero-order chi connectivity index (χ0) is 45.1. The molecule has 9 heteroatoms. The largest absolute Gasteiger partial charge is 0.394 e. The molecule has 1 rings (SSSR count). The monoisotopic (exact) mass is 882 g/mol. The Morgan fingerprint density at radius 1 is 0.532 bits per heavy atom. The molecule has 1 saturated heterocycles. The molecule has 1 amide bonds. The molecule has 7 atom stereocenters. The Kier molecular flexibility index (Phi) is 41.6. The fourth-order valence-corrected chi connectivity index (χ4v) is 8.81. The van der Waals surface area contributed by atoms with E-state index in [-0.39, 0.29) is 12.5 Å². The first-order valence-corrected chi connectivity index (χ1v) is 26.9. The molecule has 0 aromatic carbocycles. The highest BCUT2D eigenvalue weighted by Crippen LogP contribution is 2.23. The molecule has 0 aromatic rings. The molecule has 368 valence electrons. The molecule has 9 nitrogen and oxygen atoms in total. The van der Waals surface area contributed by atoms with Crippen LogP contribution in [0, 0.1) is 0 Å². The number of amides is 1. The standard InChI is InChI=1S/C53H103NO8/c1-3-5-7-9-11-13-15-17-19-21-23-24-25-26-28-30-32-34-36-38-40-42-47(56)46(45-61-53-52(60)51(59)50(58)48(44-55)62-53)54-49(57)43-41-39-37-35-33-31-29-27-22-20-18-16-14-12-10-8-6-4-2/h40,42,46-48,50-53,55-56,58-60H,3-39,41,43-45H2,1-2H3,(H,54,57)/b42-40+. The number of aliphatic hydroxyl groups is 5. The van der Waals surface area contributed by atoms with Crippen LogP contribution in [0.1, 0.15) is 264 Å². The molecule has 1 aliphatic rings. The molecule has 62 heavy (non-hydrogen) atoms. The number of aliphatic hydroxyl groups excluding tert-OH is 5. The molecular weight excluding hydrogens is 779 g/mol. The quantitative estimate of drug-likeness (QED) is 0.0261. The van der Waals surface area contributed by atoms with Crippen LogP contribution >= 0.6 is 0 Å². The van der Waals surface area contributed by atoms with Gasteiger partial charge in [-0.25, -0.2) is 0 Å². The van der Waals surface area contributed by atoms with E-state index in [4.69, 9.17) is 9.47 Å². The summed E-state index contributed by atoms with van der Waals surface area (Å²) in [5.41, 5.74) is 0. The summed E-state index contributed by atoms with van der Waals surface area (Å²) in [6.07, 6.45) is 45.5. The number of hydrogen-bond donors (Lipinski definition) is 6. The van der Waals surface area contributed by atoms with Crippen molar-refractivity contribution in [2.75, 3.05) is 13.2 Å². The van der Waals surface area contributed by atoms with Crippen molar-refractivity contribution in [3.63, 3.8) is 0 Å². The van der Waals surface area contributed by atoms with E-state index in [0.717, 1.165) is 38.5 Å². The Balaban J connectivity index is 2.26. The van der Waals surface area contributed by atoms with Crippen LogP contribution in [0.15, 0.2) is 12.2 Å². The molecule has 1 heterocycles. The van der Waals surface area contributed by atoms with Crippen LogP contribution in [0.4, 0.5) is 0 Å². The lowest BCUT2D eigenvalue weighted by atomic mass is 9.99.